The van der Waals surface area contributed by atoms with Crippen LogP contribution in [-0.4, -0.2) is 29.7 Å². The lowest BCUT2D eigenvalue weighted by Crippen LogP contribution is -2.25. The molecule has 0 unspecified atom stereocenters. The van der Waals surface area contributed by atoms with Crippen molar-refractivity contribution in [1.82, 2.24) is 4.57 Å². The van der Waals surface area contributed by atoms with Crippen LogP contribution in [0.4, 0.5) is 5.82 Å². The Bertz CT molecular complexity index is 981. The first-order valence-electron chi connectivity index (χ1n) is 10.2. The standard InChI is InChI=1S/C23H27N3O4/c1-15-7-6-10-19(11-15)29-14-22(28)30-13-21(27)25-23-20(12-24)16(2)17(3)26(23)18-8-4-5-9-18/h6-7,10-11,18H,4-5,8-9,13-14H2,1-3H3,(H,25,27). The minimum absolute atomic E-state index is 0.270. The lowest BCUT2D eigenvalue weighted by atomic mass is 10.2. The molecule has 1 N–H and O–H groups in total. The van der Waals surface area contributed by atoms with Crippen LogP contribution < -0.4 is 10.1 Å². The Morgan fingerprint density at radius 3 is 2.60 bits per heavy atom. The predicted molar refractivity (Wildman–Crippen MR) is 112 cm³/mol. The summed E-state index contributed by atoms with van der Waals surface area (Å²) in [5, 5.41) is 12.4. The number of anilines is 1. The fraction of sp³-hybridized carbons (Fsp3) is 0.435. The first kappa shape index (κ1) is 21.4. The Labute approximate surface area is 176 Å². The average molecular weight is 409 g/mol. The van der Waals surface area contributed by atoms with E-state index in [-0.39, 0.29) is 12.6 Å². The lowest BCUT2D eigenvalue weighted by molar-refractivity contribution is -0.149. The van der Waals surface area contributed by atoms with Gasteiger partial charge in [0.1, 0.15) is 17.6 Å². The molecule has 0 bridgehead atoms. The van der Waals surface area contributed by atoms with Crippen molar-refractivity contribution in [2.75, 3.05) is 18.5 Å². The maximum atomic E-state index is 12.4. The molecule has 30 heavy (non-hydrogen) atoms. The van der Waals surface area contributed by atoms with Crippen LogP contribution in [0.2, 0.25) is 0 Å². The van der Waals surface area contributed by atoms with Crippen molar-refractivity contribution in [1.29, 1.82) is 5.26 Å². The number of nitrogens with one attached hydrogen (secondary N) is 1. The Morgan fingerprint density at radius 2 is 1.93 bits per heavy atom. The highest BCUT2D eigenvalue weighted by Crippen LogP contribution is 2.37. The van der Waals surface area contributed by atoms with E-state index in [0.29, 0.717) is 17.1 Å². The summed E-state index contributed by atoms with van der Waals surface area (Å²) in [4.78, 5) is 24.4. The van der Waals surface area contributed by atoms with Gasteiger partial charge in [-0.1, -0.05) is 25.0 Å². The molecule has 2 aromatic rings. The summed E-state index contributed by atoms with van der Waals surface area (Å²) in [6, 6.07) is 9.79. The molecule has 0 spiro atoms. The molecular formula is C23H27N3O4. The van der Waals surface area contributed by atoms with Crippen LogP contribution in [0.5, 0.6) is 5.75 Å². The highest BCUT2D eigenvalue weighted by Gasteiger charge is 2.26. The molecule has 7 nitrogen and oxygen atoms in total. The topological polar surface area (TPSA) is 93.3 Å². The summed E-state index contributed by atoms with van der Waals surface area (Å²) in [5.41, 5.74) is 3.33. The Kier molecular flexibility index (Phi) is 6.78. The Hall–Kier alpha value is -3.27. The molecule has 158 valence electrons. The molecule has 1 amide bonds. The third kappa shape index (κ3) is 4.82. The van der Waals surface area contributed by atoms with Gasteiger partial charge in [0.25, 0.3) is 5.91 Å². The van der Waals surface area contributed by atoms with E-state index < -0.39 is 18.5 Å². The van der Waals surface area contributed by atoms with Crippen LogP contribution in [0.15, 0.2) is 24.3 Å². The van der Waals surface area contributed by atoms with Crippen LogP contribution in [-0.2, 0) is 14.3 Å². The Balaban J connectivity index is 1.60. The molecule has 0 atom stereocenters. The number of nitrogens with zero attached hydrogens (tertiary/aromatic N) is 2. The van der Waals surface area contributed by atoms with Crippen molar-refractivity contribution >= 4 is 17.7 Å². The molecule has 1 heterocycles. The molecule has 1 aliphatic rings. The van der Waals surface area contributed by atoms with E-state index in [0.717, 1.165) is 42.5 Å². The first-order chi connectivity index (χ1) is 14.4. The van der Waals surface area contributed by atoms with Crippen molar-refractivity contribution in [3.8, 4) is 11.8 Å². The van der Waals surface area contributed by atoms with Gasteiger partial charge in [-0.2, -0.15) is 5.26 Å². The van der Waals surface area contributed by atoms with Gasteiger partial charge in [0.05, 0.1) is 5.56 Å². The van der Waals surface area contributed by atoms with E-state index in [1.54, 1.807) is 6.07 Å². The van der Waals surface area contributed by atoms with Crippen molar-refractivity contribution in [2.24, 2.45) is 0 Å². The zero-order chi connectivity index (χ0) is 21.7. The third-order valence-corrected chi connectivity index (χ3v) is 5.53. The number of hydrogen-bond donors (Lipinski definition) is 1. The molecular weight excluding hydrogens is 382 g/mol. The van der Waals surface area contributed by atoms with Crippen LogP contribution in [0.1, 0.15) is 54.1 Å². The van der Waals surface area contributed by atoms with E-state index in [4.69, 9.17) is 9.47 Å². The minimum atomic E-state index is -0.634. The number of carbonyl (C=O) groups is 2. The molecule has 1 aromatic carbocycles. The van der Waals surface area contributed by atoms with Gasteiger partial charge in [-0.3, -0.25) is 4.79 Å². The number of aryl methyl sites for hydroxylation is 1. The summed E-state index contributed by atoms with van der Waals surface area (Å²) >= 11 is 0. The van der Waals surface area contributed by atoms with Crippen molar-refractivity contribution in [3.63, 3.8) is 0 Å². The van der Waals surface area contributed by atoms with Crippen LogP contribution >= 0.6 is 0 Å². The number of aromatic nitrogens is 1. The second kappa shape index (κ2) is 9.49. The summed E-state index contributed by atoms with van der Waals surface area (Å²) in [5.74, 6) is -0.0512. The number of amides is 1. The zero-order valence-electron chi connectivity index (χ0n) is 17.7. The van der Waals surface area contributed by atoms with Crippen molar-refractivity contribution < 1.29 is 19.1 Å². The van der Waals surface area contributed by atoms with E-state index in [1.807, 2.05) is 39.0 Å². The van der Waals surface area contributed by atoms with Gasteiger partial charge in [0.15, 0.2) is 13.2 Å². The largest absolute Gasteiger partial charge is 0.482 e. The molecule has 0 aliphatic heterocycles. The molecule has 0 radical (unpaired) electrons. The van der Waals surface area contributed by atoms with Crippen LogP contribution in [0.25, 0.3) is 0 Å². The van der Waals surface area contributed by atoms with E-state index >= 15 is 0 Å². The second-order valence-electron chi connectivity index (χ2n) is 7.67. The predicted octanol–water partition coefficient (Wildman–Crippen LogP) is 3.96. The first-order valence-corrected chi connectivity index (χ1v) is 10.2. The molecule has 3 rings (SSSR count). The molecule has 1 aromatic heterocycles. The number of esters is 1. The Morgan fingerprint density at radius 1 is 1.20 bits per heavy atom. The van der Waals surface area contributed by atoms with E-state index in [9.17, 15) is 14.9 Å². The maximum Gasteiger partial charge on any atom is 0.344 e. The smallest absolute Gasteiger partial charge is 0.344 e. The van der Waals surface area contributed by atoms with Crippen molar-refractivity contribution in [3.05, 3.63) is 46.6 Å². The normalized spacial score (nSPS) is 13.7. The third-order valence-electron chi connectivity index (χ3n) is 5.53. The molecule has 0 saturated heterocycles. The fourth-order valence-electron chi connectivity index (χ4n) is 3.91. The van der Waals surface area contributed by atoms with Gasteiger partial charge in [-0.05, 0) is 56.9 Å². The number of hydrogen-bond acceptors (Lipinski definition) is 5. The molecule has 1 saturated carbocycles. The monoisotopic (exact) mass is 409 g/mol. The van der Waals surface area contributed by atoms with Crippen LogP contribution in [0, 0.1) is 32.1 Å². The molecule has 1 aliphatic carbocycles. The molecule has 7 heteroatoms. The number of benzene rings is 1. The number of carbonyl (C=O) groups excluding carboxylic acids is 2. The van der Waals surface area contributed by atoms with Gasteiger partial charge >= 0.3 is 5.97 Å². The highest BCUT2D eigenvalue weighted by atomic mass is 16.6. The quantitative estimate of drug-likeness (QED) is 0.699. The minimum Gasteiger partial charge on any atom is -0.482 e. The summed E-state index contributed by atoms with van der Waals surface area (Å²) in [7, 11) is 0. The maximum absolute atomic E-state index is 12.4. The average Bonchev–Trinajstić information content (AvgIpc) is 3.32. The van der Waals surface area contributed by atoms with Gasteiger partial charge < -0.3 is 19.4 Å². The van der Waals surface area contributed by atoms with Gasteiger partial charge in [0.2, 0.25) is 0 Å². The summed E-state index contributed by atoms with van der Waals surface area (Å²) in [6.07, 6.45) is 4.31. The number of nitriles is 1. The summed E-state index contributed by atoms with van der Waals surface area (Å²) in [6.45, 7) is 5.06. The fourth-order valence-corrected chi connectivity index (χ4v) is 3.91. The SMILES string of the molecule is Cc1cccc(OCC(=O)OCC(=O)Nc2c(C#N)c(C)c(C)n2C2CCCC2)c1. The van der Waals surface area contributed by atoms with E-state index in [2.05, 4.69) is 16.0 Å². The zero-order valence-corrected chi connectivity index (χ0v) is 17.7. The van der Waals surface area contributed by atoms with Gasteiger partial charge in [-0.15, -0.1) is 0 Å². The number of rotatable bonds is 7. The van der Waals surface area contributed by atoms with Gasteiger partial charge in [0, 0.05) is 11.7 Å². The van der Waals surface area contributed by atoms with Crippen LogP contribution in [0.3, 0.4) is 0 Å². The molecule has 1 fully saturated rings. The van der Waals surface area contributed by atoms with Crippen molar-refractivity contribution in [2.45, 2.75) is 52.5 Å². The highest BCUT2D eigenvalue weighted by molar-refractivity contribution is 5.93. The number of ether oxygens (including phenoxy) is 2. The van der Waals surface area contributed by atoms with E-state index in [1.165, 1.54) is 0 Å². The summed E-state index contributed by atoms with van der Waals surface area (Å²) < 4.78 is 12.5. The second-order valence-corrected chi connectivity index (χ2v) is 7.67. The van der Waals surface area contributed by atoms with Gasteiger partial charge in [-0.25, -0.2) is 4.79 Å². The lowest BCUT2D eigenvalue weighted by Gasteiger charge is -2.19.